The van der Waals surface area contributed by atoms with Crippen molar-refractivity contribution in [1.82, 2.24) is 4.90 Å². The van der Waals surface area contributed by atoms with Gasteiger partial charge in [-0.3, -0.25) is 9.69 Å². The molecule has 8 heteroatoms. The summed E-state index contributed by atoms with van der Waals surface area (Å²) in [5, 5.41) is 5.18. The van der Waals surface area contributed by atoms with Gasteiger partial charge in [-0.05, 0) is 55.5 Å². The molecule has 3 heterocycles. The van der Waals surface area contributed by atoms with Gasteiger partial charge in [-0.2, -0.15) is 0 Å². The minimum absolute atomic E-state index is 0.137. The molecule has 0 saturated carbocycles. The molecule has 0 bridgehead atoms. The molecule has 154 valence electrons. The van der Waals surface area contributed by atoms with Crippen LogP contribution in [0.5, 0.6) is 11.5 Å². The lowest BCUT2D eigenvalue weighted by Crippen LogP contribution is -2.33. The van der Waals surface area contributed by atoms with Crippen LogP contribution in [0.4, 0.5) is 5.00 Å². The van der Waals surface area contributed by atoms with Crippen molar-refractivity contribution in [3.05, 3.63) is 40.8 Å². The second-order valence-electron chi connectivity index (χ2n) is 6.96. The van der Waals surface area contributed by atoms with Gasteiger partial charge in [0.15, 0.2) is 11.5 Å². The summed E-state index contributed by atoms with van der Waals surface area (Å²) in [6, 6.07) is 7.84. The largest absolute Gasteiger partial charge is 0.486 e. The summed E-state index contributed by atoms with van der Waals surface area (Å²) in [5.41, 5.74) is 1.53. The van der Waals surface area contributed by atoms with Crippen LogP contribution in [-0.4, -0.2) is 49.7 Å². The molecule has 0 spiro atoms. The molecule has 4 rings (SSSR count). The summed E-state index contributed by atoms with van der Waals surface area (Å²) < 4.78 is 16.3. The highest BCUT2D eigenvalue weighted by Gasteiger charge is 2.29. The smallest absolute Gasteiger partial charge is 0.341 e. The Labute approximate surface area is 173 Å². The highest BCUT2D eigenvalue weighted by Crippen LogP contribution is 2.38. The molecule has 2 aromatic rings. The molecular formula is C21H24N2O5S. The number of benzene rings is 1. The summed E-state index contributed by atoms with van der Waals surface area (Å²) >= 11 is 1.32. The predicted molar refractivity (Wildman–Crippen MR) is 110 cm³/mol. The number of carbonyl (C=O) groups is 2. The quantitative estimate of drug-likeness (QED) is 0.727. The molecule has 1 aromatic heterocycles. The zero-order valence-electron chi connectivity index (χ0n) is 16.3. The first-order valence-corrected chi connectivity index (χ1v) is 10.7. The normalized spacial score (nSPS) is 18.4. The highest BCUT2D eigenvalue weighted by molar-refractivity contribution is 7.14. The lowest BCUT2D eigenvalue weighted by Gasteiger charge is -2.26. The Hall–Kier alpha value is -2.58. The molecule has 1 atom stereocenters. The van der Waals surface area contributed by atoms with Crippen molar-refractivity contribution in [1.29, 1.82) is 0 Å². The topological polar surface area (TPSA) is 77.1 Å². The fourth-order valence-electron chi connectivity index (χ4n) is 3.79. The number of carbonyl (C=O) groups excluding carboxylic acids is 2. The van der Waals surface area contributed by atoms with Crippen molar-refractivity contribution in [2.24, 2.45) is 0 Å². The highest BCUT2D eigenvalue weighted by atomic mass is 32.1. The van der Waals surface area contributed by atoms with Crippen LogP contribution >= 0.6 is 11.3 Å². The van der Waals surface area contributed by atoms with E-state index >= 15 is 0 Å². The summed E-state index contributed by atoms with van der Waals surface area (Å²) in [6.07, 6.45) is 2.01. The fourth-order valence-corrected chi connectivity index (χ4v) is 4.58. The molecular weight excluding hydrogens is 392 g/mol. The zero-order valence-corrected chi connectivity index (χ0v) is 17.1. The van der Waals surface area contributed by atoms with Crippen molar-refractivity contribution >= 4 is 28.2 Å². The Morgan fingerprint density at radius 3 is 2.90 bits per heavy atom. The number of amides is 1. The van der Waals surface area contributed by atoms with Gasteiger partial charge in [0.25, 0.3) is 0 Å². The molecule has 7 nitrogen and oxygen atoms in total. The fraction of sp³-hybridized carbons (Fsp3) is 0.429. The van der Waals surface area contributed by atoms with E-state index in [1.807, 2.05) is 18.2 Å². The lowest BCUT2D eigenvalue weighted by atomic mass is 10.0. The molecule has 1 N–H and O–H groups in total. The number of likely N-dealkylation sites (tertiary alicyclic amines) is 1. The van der Waals surface area contributed by atoms with E-state index in [1.54, 1.807) is 18.4 Å². The van der Waals surface area contributed by atoms with Crippen LogP contribution in [-0.2, 0) is 9.53 Å². The molecule has 2 aliphatic rings. The van der Waals surface area contributed by atoms with Gasteiger partial charge in [-0.15, -0.1) is 11.3 Å². The maximum atomic E-state index is 12.7. The van der Waals surface area contributed by atoms with Gasteiger partial charge in [0.2, 0.25) is 5.91 Å². The van der Waals surface area contributed by atoms with E-state index in [0.717, 1.165) is 36.4 Å². The minimum atomic E-state index is -0.417. The van der Waals surface area contributed by atoms with Crippen LogP contribution in [0.3, 0.4) is 0 Å². The number of fused-ring (bicyclic) bond motifs is 1. The van der Waals surface area contributed by atoms with E-state index in [2.05, 4.69) is 10.2 Å². The van der Waals surface area contributed by atoms with E-state index in [0.29, 0.717) is 30.4 Å². The Morgan fingerprint density at radius 2 is 2.07 bits per heavy atom. The van der Waals surface area contributed by atoms with Gasteiger partial charge in [-0.1, -0.05) is 6.07 Å². The van der Waals surface area contributed by atoms with Crippen LogP contribution < -0.4 is 14.8 Å². The number of esters is 1. The Kier molecular flexibility index (Phi) is 6.01. The molecule has 0 unspecified atom stereocenters. The number of nitrogens with one attached hydrogen (secondary N) is 1. The van der Waals surface area contributed by atoms with Crippen LogP contribution in [0, 0.1) is 0 Å². The summed E-state index contributed by atoms with van der Waals surface area (Å²) in [7, 11) is 0. The standard InChI is InChI=1S/C21H24N2O5S/c1-2-26-21(25)15-7-11-29-20(15)22-19(24)13-23-8-3-4-16(23)14-5-6-17-18(12-14)28-10-9-27-17/h5-7,11-12,16H,2-4,8-10,13H2,1H3,(H,22,24)/t16-/m0/s1. The molecule has 0 aliphatic carbocycles. The van der Waals surface area contributed by atoms with Crippen molar-refractivity contribution in [3.63, 3.8) is 0 Å². The summed E-state index contributed by atoms with van der Waals surface area (Å²) in [5.74, 6) is 0.982. The summed E-state index contributed by atoms with van der Waals surface area (Å²) in [4.78, 5) is 26.8. The Morgan fingerprint density at radius 1 is 1.24 bits per heavy atom. The molecule has 1 fully saturated rings. The van der Waals surface area contributed by atoms with Gasteiger partial charge in [0.1, 0.15) is 18.2 Å². The number of rotatable bonds is 6. The Bertz CT molecular complexity index is 897. The van der Waals surface area contributed by atoms with Gasteiger partial charge in [-0.25, -0.2) is 4.79 Å². The number of hydrogen-bond donors (Lipinski definition) is 1. The third-order valence-electron chi connectivity index (χ3n) is 5.07. The summed E-state index contributed by atoms with van der Waals surface area (Å²) in [6.45, 7) is 4.29. The molecule has 1 aromatic carbocycles. The predicted octanol–water partition coefficient (Wildman–Crippen LogP) is 3.47. The molecule has 1 saturated heterocycles. The Balaban J connectivity index is 1.42. The van der Waals surface area contributed by atoms with Gasteiger partial charge < -0.3 is 19.5 Å². The SMILES string of the molecule is CCOC(=O)c1ccsc1NC(=O)CN1CCC[C@H]1c1ccc2c(c1)OCCO2. The number of thiophene rings is 1. The number of nitrogens with zero attached hydrogens (tertiary/aromatic N) is 1. The van der Waals surface area contributed by atoms with Crippen LogP contribution in [0.2, 0.25) is 0 Å². The van der Waals surface area contributed by atoms with Crippen LogP contribution in [0.25, 0.3) is 0 Å². The second kappa shape index (κ2) is 8.84. The molecule has 29 heavy (non-hydrogen) atoms. The number of anilines is 1. The van der Waals surface area contributed by atoms with E-state index in [1.165, 1.54) is 11.3 Å². The molecule has 1 amide bonds. The van der Waals surface area contributed by atoms with E-state index in [-0.39, 0.29) is 18.5 Å². The average Bonchev–Trinajstić information content (AvgIpc) is 3.37. The average molecular weight is 416 g/mol. The number of ether oxygens (including phenoxy) is 3. The first kappa shape index (κ1) is 19.7. The maximum absolute atomic E-state index is 12.7. The lowest BCUT2D eigenvalue weighted by molar-refractivity contribution is -0.117. The van der Waals surface area contributed by atoms with Gasteiger partial charge >= 0.3 is 5.97 Å². The van der Waals surface area contributed by atoms with Crippen molar-refractivity contribution in [2.45, 2.75) is 25.8 Å². The monoisotopic (exact) mass is 416 g/mol. The minimum Gasteiger partial charge on any atom is -0.486 e. The van der Waals surface area contributed by atoms with E-state index in [4.69, 9.17) is 14.2 Å². The van der Waals surface area contributed by atoms with Crippen molar-refractivity contribution in [3.8, 4) is 11.5 Å². The number of hydrogen-bond acceptors (Lipinski definition) is 7. The first-order chi connectivity index (χ1) is 14.2. The third kappa shape index (κ3) is 4.38. The van der Waals surface area contributed by atoms with Crippen molar-refractivity contribution in [2.75, 3.05) is 38.2 Å². The zero-order chi connectivity index (χ0) is 20.2. The second-order valence-corrected chi connectivity index (χ2v) is 7.88. The first-order valence-electron chi connectivity index (χ1n) is 9.83. The molecule has 2 aliphatic heterocycles. The maximum Gasteiger partial charge on any atom is 0.341 e. The third-order valence-corrected chi connectivity index (χ3v) is 5.90. The van der Waals surface area contributed by atoms with Gasteiger partial charge in [0.05, 0.1) is 18.7 Å². The van der Waals surface area contributed by atoms with Crippen molar-refractivity contribution < 1.29 is 23.8 Å². The van der Waals surface area contributed by atoms with Crippen LogP contribution in [0.15, 0.2) is 29.6 Å². The van der Waals surface area contributed by atoms with E-state index in [9.17, 15) is 9.59 Å². The molecule has 0 radical (unpaired) electrons. The van der Waals surface area contributed by atoms with E-state index < -0.39 is 5.97 Å². The van der Waals surface area contributed by atoms with Crippen LogP contribution in [0.1, 0.15) is 41.7 Å². The van der Waals surface area contributed by atoms with Gasteiger partial charge in [0, 0.05) is 6.04 Å².